The Bertz CT molecular complexity index is 1220. The summed E-state index contributed by atoms with van der Waals surface area (Å²) in [5, 5.41) is 6.99. The molecule has 1 N–H and O–H groups in total. The van der Waals surface area contributed by atoms with Gasteiger partial charge in [0, 0.05) is 12.6 Å². The summed E-state index contributed by atoms with van der Waals surface area (Å²) in [5.41, 5.74) is 2.36. The Kier molecular flexibility index (Phi) is 5.13. The third-order valence-corrected chi connectivity index (χ3v) is 9.43. The van der Waals surface area contributed by atoms with Crippen LogP contribution in [0.1, 0.15) is 23.4 Å². The molecule has 0 saturated carbocycles. The van der Waals surface area contributed by atoms with Crippen LogP contribution >= 0.6 is 0 Å². The first-order valence-electron chi connectivity index (χ1n) is 9.73. The summed E-state index contributed by atoms with van der Waals surface area (Å²) < 4.78 is 52.7. The molecule has 2 aliphatic heterocycles. The van der Waals surface area contributed by atoms with Crippen molar-refractivity contribution in [2.24, 2.45) is 0 Å². The first-order chi connectivity index (χ1) is 14.1. The molecule has 1 atom stereocenters. The molecule has 2 aliphatic rings. The Morgan fingerprint density at radius 3 is 2.70 bits per heavy atom. The fourth-order valence-electron chi connectivity index (χ4n) is 4.19. The molecule has 9 nitrogen and oxygen atoms in total. The second-order valence-electron chi connectivity index (χ2n) is 7.78. The van der Waals surface area contributed by atoms with Gasteiger partial charge in [-0.05, 0) is 38.3 Å². The first kappa shape index (κ1) is 20.9. The highest BCUT2D eigenvalue weighted by molar-refractivity contribution is 7.93. The van der Waals surface area contributed by atoms with Crippen molar-refractivity contribution in [3.63, 3.8) is 0 Å². The van der Waals surface area contributed by atoms with Crippen LogP contribution in [0.2, 0.25) is 0 Å². The molecular formula is C19H24N4O5S2. The van der Waals surface area contributed by atoms with Gasteiger partial charge in [0.1, 0.15) is 11.4 Å². The summed E-state index contributed by atoms with van der Waals surface area (Å²) in [6.45, 7) is 3.43. The molecule has 0 spiro atoms. The molecule has 4 rings (SSSR count). The Morgan fingerprint density at radius 2 is 2.00 bits per heavy atom. The number of aromatic nitrogens is 2. The molecule has 11 heteroatoms. The fraction of sp³-hybridized carbons (Fsp3) is 0.474. The number of sulfonamides is 1. The van der Waals surface area contributed by atoms with Gasteiger partial charge in [-0.15, -0.1) is 0 Å². The van der Waals surface area contributed by atoms with E-state index in [1.807, 2.05) is 18.2 Å². The van der Waals surface area contributed by atoms with Crippen molar-refractivity contribution in [2.45, 2.75) is 44.2 Å². The van der Waals surface area contributed by atoms with Crippen LogP contribution in [0.4, 0.5) is 5.69 Å². The van der Waals surface area contributed by atoms with Gasteiger partial charge in [-0.25, -0.2) is 16.8 Å². The number of rotatable bonds is 5. The maximum Gasteiger partial charge on any atom is 0.268 e. The van der Waals surface area contributed by atoms with E-state index < -0.39 is 31.8 Å². The van der Waals surface area contributed by atoms with Gasteiger partial charge in [0.15, 0.2) is 9.84 Å². The maximum atomic E-state index is 13.4. The number of nitrogens with zero attached hydrogens (tertiary/aromatic N) is 3. The zero-order valence-corrected chi connectivity index (χ0v) is 18.5. The molecule has 30 heavy (non-hydrogen) atoms. The second kappa shape index (κ2) is 7.38. The first-order valence-corrected chi connectivity index (χ1v) is 13.0. The molecule has 1 aromatic heterocycles. The number of aryl methyl sites for hydroxylation is 1. The molecule has 0 radical (unpaired) electrons. The molecule has 1 saturated heterocycles. The highest BCUT2D eigenvalue weighted by Gasteiger charge is 2.35. The van der Waals surface area contributed by atoms with Crippen LogP contribution in [0, 0.1) is 13.8 Å². The van der Waals surface area contributed by atoms with Gasteiger partial charge in [-0.2, -0.15) is 5.10 Å². The molecule has 1 aromatic carbocycles. The lowest BCUT2D eigenvalue weighted by atomic mass is 10.2. The molecule has 0 unspecified atom stereocenters. The van der Waals surface area contributed by atoms with Crippen molar-refractivity contribution in [2.75, 3.05) is 22.4 Å². The lowest BCUT2D eigenvalue weighted by Gasteiger charge is -2.19. The van der Waals surface area contributed by atoms with Crippen LogP contribution < -0.4 is 9.62 Å². The van der Waals surface area contributed by atoms with Gasteiger partial charge in [0.2, 0.25) is 5.91 Å². The minimum absolute atomic E-state index is 0.0656. The number of hydrogen-bond acceptors (Lipinski definition) is 6. The zero-order valence-electron chi connectivity index (χ0n) is 16.8. The Hall–Kier alpha value is -2.40. The van der Waals surface area contributed by atoms with Gasteiger partial charge in [-0.1, -0.05) is 18.2 Å². The number of carbonyl (C=O) groups is 1. The number of fused-ring (bicyclic) bond motifs is 1. The summed E-state index contributed by atoms with van der Waals surface area (Å²) in [4.78, 5) is 12.5. The van der Waals surface area contributed by atoms with Crippen molar-refractivity contribution in [3.8, 4) is 0 Å². The van der Waals surface area contributed by atoms with Crippen LogP contribution in [-0.2, 0) is 37.6 Å². The van der Waals surface area contributed by atoms with Gasteiger partial charge in [0.25, 0.3) is 10.0 Å². The van der Waals surface area contributed by atoms with Gasteiger partial charge in [0.05, 0.1) is 28.6 Å². The van der Waals surface area contributed by atoms with E-state index in [1.165, 1.54) is 8.99 Å². The number of anilines is 1. The highest BCUT2D eigenvalue weighted by atomic mass is 32.2. The van der Waals surface area contributed by atoms with E-state index in [1.54, 1.807) is 19.9 Å². The number of benzene rings is 1. The third kappa shape index (κ3) is 3.71. The molecular weight excluding hydrogens is 428 g/mol. The van der Waals surface area contributed by atoms with Crippen LogP contribution in [-0.4, -0.2) is 56.6 Å². The molecule has 162 valence electrons. The SMILES string of the molecule is Cc1nn(CC(=O)N[C@@H]2CCS(=O)(=O)C2)c(C)c1S(=O)(=O)N1CCc2ccccc21. The normalized spacial score (nSPS) is 20.3. The Labute approximate surface area is 176 Å². The summed E-state index contributed by atoms with van der Waals surface area (Å²) >= 11 is 0. The number of amides is 1. The van der Waals surface area contributed by atoms with E-state index in [0.29, 0.717) is 36.5 Å². The monoisotopic (exact) mass is 452 g/mol. The fourth-order valence-corrected chi connectivity index (χ4v) is 7.75. The van der Waals surface area contributed by atoms with Gasteiger partial charge in [-0.3, -0.25) is 13.8 Å². The summed E-state index contributed by atoms with van der Waals surface area (Å²) in [6, 6.07) is 6.99. The third-order valence-electron chi connectivity index (χ3n) is 5.60. The minimum Gasteiger partial charge on any atom is -0.351 e. The lowest BCUT2D eigenvalue weighted by molar-refractivity contribution is -0.122. The molecule has 3 heterocycles. The molecule has 2 aromatic rings. The summed E-state index contributed by atoms with van der Waals surface area (Å²) in [5.74, 6) is -0.389. The molecule has 1 fully saturated rings. The van der Waals surface area contributed by atoms with Gasteiger partial charge >= 0.3 is 0 Å². The standard InChI is InChI=1S/C19H24N4O5S2/c1-13-19(30(27,28)23-9-7-15-5-3-4-6-17(15)23)14(2)22(21-13)11-18(24)20-16-8-10-29(25,26)12-16/h3-6,16H,7-12H2,1-2H3,(H,20,24)/t16-/m1/s1. The van der Waals surface area contributed by atoms with Crippen molar-refractivity contribution >= 4 is 31.5 Å². The quantitative estimate of drug-likeness (QED) is 0.708. The Balaban J connectivity index is 1.56. The Morgan fingerprint density at radius 1 is 1.27 bits per heavy atom. The van der Waals surface area contributed by atoms with E-state index in [9.17, 15) is 21.6 Å². The van der Waals surface area contributed by atoms with Crippen molar-refractivity contribution in [1.29, 1.82) is 0 Å². The van der Waals surface area contributed by atoms with Crippen molar-refractivity contribution in [3.05, 3.63) is 41.2 Å². The van der Waals surface area contributed by atoms with E-state index in [4.69, 9.17) is 0 Å². The maximum absolute atomic E-state index is 13.4. The molecule has 0 bridgehead atoms. The highest BCUT2D eigenvalue weighted by Crippen LogP contribution is 2.34. The number of hydrogen-bond donors (Lipinski definition) is 1. The topological polar surface area (TPSA) is 118 Å². The predicted octanol–water partition coefficient (Wildman–Crippen LogP) is 0.555. The van der Waals surface area contributed by atoms with Crippen LogP contribution in [0.25, 0.3) is 0 Å². The molecule has 1 amide bonds. The van der Waals surface area contributed by atoms with Crippen LogP contribution in [0.15, 0.2) is 29.2 Å². The van der Waals surface area contributed by atoms with E-state index in [-0.39, 0.29) is 22.9 Å². The minimum atomic E-state index is -3.83. The predicted molar refractivity (Wildman–Crippen MR) is 112 cm³/mol. The average molecular weight is 453 g/mol. The second-order valence-corrected chi connectivity index (χ2v) is 11.8. The largest absolute Gasteiger partial charge is 0.351 e. The lowest BCUT2D eigenvalue weighted by Crippen LogP contribution is -2.38. The number of sulfone groups is 1. The van der Waals surface area contributed by atoms with Crippen molar-refractivity contribution in [1.82, 2.24) is 15.1 Å². The van der Waals surface area contributed by atoms with Crippen LogP contribution in [0.3, 0.4) is 0 Å². The average Bonchev–Trinajstić information content (AvgIpc) is 3.31. The number of carbonyl (C=O) groups excluding carboxylic acids is 1. The van der Waals surface area contributed by atoms with E-state index in [2.05, 4.69) is 10.4 Å². The number of nitrogens with one attached hydrogen (secondary N) is 1. The van der Waals surface area contributed by atoms with E-state index >= 15 is 0 Å². The smallest absolute Gasteiger partial charge is 0.268 e. The van der Waals surface area contributed by atoms with Gasteiger partial charge < -0.3 is 5.32 Å². The van der Waals surface area contributed by atoms with Crippen LogP contribution in [0.5, 0.6) is 0 Å². The molecule has 0 aliphatic carbocycles. The zero-order chi connectivity index (χ0) is 21.7. The van der Waals surface area contributed by atoms with Crippen molar-refractivity contribution < 1.29 is 21.6 Å². The summed E-state index contributed by atoms with van der Waals surface area (Å²) in [6.07, 6.45) is 1.04. The summed E-state index contributed by atoms with van der Waals surface area (Å²) in [7, 11) is -6.93. The number of para-hydroxylation sites is 1. The van der Waals surface area contributed by atoms with E-state index in [0.717, 1.165) is 5.56 Å².